The van der Waals surface area contributed by atoms with E-state index in [1.165, 1.54) is 0 Å². The summed E-state index contributed by atoms with van der Waals surface area (Å²) in [4.78, 5) is 0. The van der Waals surface area contributed by atoms with Crippen molar-refractivity contribution in [1.82, 2.24) is 9.78 Å². The number of hydrogen-bond acceptors (Lipinski definition) is 3. The molecule has 2 N–H and O–H groups in total. The van der Waals surface area contributed by atoms with Crippen LogP contribution in [0.2, 0.25) is 0 Å². The third-order valence-electron chi connectivity index (χ3n) is 3.65. The molecule has 2 aromatic rings. The van der Waals surface area contributed by atoms with Gasteiger partial charge in [0.1, 0.15) is 5.75 Å². The van der Waals surface area contributed by atoms with Crippen LogP contribution in [0.4, 0.5) is 0 Å². The van der Waals surface area contributed by atoms with Gasteiger partial charge >= 0.3 is 0 Å². The summed E-state index contributed by atoms with van der Waals surface area (Å²) in [5.41, 5.74) is 9.56. The Morgan fingerprint density at radius 3 is 2.84 bits per heavy atom. The zero-order valence-electron chi connectivity index (χ0n) is 11.3. The van der Waals surface area contributed by atoms with Crippen LogP contribution in [0.25, 0.3) is 0 Å². The molecule has 0 radical (unpaired) electrons. The van der Waals surface area contributed by atoms with Crippen LogP contribution >= 0.6 is 0 Å². The summed E-state index contributed by atoms with van der Waals surface area (Å²) < 4.78 is 7.66. The number of hydrogen-bond donors (Lipinski definition) is 1. The number of aryl methyl sites for hydroxylation is 1. The van der Waals surface area contributed by atoms with Gasteiger partial charge in [-0.05, 0) is 37.5 Å². The lowest BCUT2D eigenvalue weighted by atomic mass is 10.0. The zero-order chi connectivity index (χ0) is 13.4. The van der Waals surface area contributed by atoms with Crippen molar-refractivity contribution in [2.45, 2.75) is 31.9 Å². The van der Waals surface area contributed by atoms with Crippen LogP contribution in [0.5, 0.6) is 5.75 Å². The van der Waals surface area contributed by atoms with E-state index < -0.39 is 0 Å². The van der Waals surface area contributed by atoms with Gasteiger partial charge < -0.3 is 10.5 Å². The molecule has 4 heteroatoms. The van der Waals surface area contributed by atoms with Crippen LogP contribution in [0.1, 0.15) is 35.7 Å². The van der Waals surface area contributed by atoms with Crippen molar-refractivity contribution in [3.63, 3.8) is 0 Å². The van der Waals surface area contributed by atoms with Gasteiger partial charge in [-0.1, -0.05) is 12.1 Å². The van der Waals surface area contributed by atoms with Crippen molar-refractivity contribution in [1.29, 1.82) is 0 Å². The fourth-order valence-electron chi connectivity index (χ4n) is 2.16. The van der Waals surface area contributed by atoms with Gasteiger partial charge in [0.05, 0.1) is 18.3 Å². The largest absolute Gasteiger partial charge is 0.490 e. The molecule has 1 heterocycles. The van der Waals surface area contributed by atoms with Crippen molar-refractivity contribution in [2.75, 3.05) is 0 Å². The highest BCUT2D eigenvalue weighted by atomic mass is 16.5. The van der Waals surface area contributed by atoms with Gasteiger partial charge in [0, 0.05) is 18.3 Å². The van der Waals surface area contributed by atoms with Crippen LogP contribution in [0.15, 0.2) is 30.5 Å². The first-order chi connectivity index (χ1) is 9.15. The molecule has 0 spiro atoms. The average molecular weight is 257 g/mol. The number of nitrogens with two attached hydrogens (primary N) is 1. The highest BCUT2D eigenvalue weighted by Crippen LogP contribution is 2.29. The Morgan fingerprint density at radius 1 is 1.42 bits per heavy atom. The molecule has 19 heavy (non-hydrogen) atoms. The molecule has 3 rings (SSSR count). The number of benzene rings is 1. The first-order valence-electron chi connectivity index (χ1n) is 6.66. The molecular formula is C15H19N3O. The van der Waals surface area contributed by atoms with E-state index in [0.29, 0.717) is 6.10 Å². The monoisotopic (exact) mass is 257 g/mol. The molecule has 1 aliphatic carbocycles. The minimum absolute atomic E-state index is 0.156. The second-order valence-electron chi connectivity index (χ2n) is 5.18. The molecule has 1 atom stereocenters. The Bertz CT molecular complexity index is 587. The quantitative estimate of drug-likeness (QED) is 0.914. The van der Waals surface area contributed by atoms with Crippen LogP contribution in [0.3, 0.4) is 0 Å². The number of aromatic nitrogens is 2. The minimum atomic E-state index is -0.156. The summed E-state index contributed by atoms with van der Waals surface area (Å²) in [6.45, 7) is 2.03. The predicted molar refractivity (Wildman–Crippen MR) is 74.1 cm³/mol. The van der Waals surface area contributed by atoms with Gasteiger partial charge in [-0.2, -0.15) is 5.10 Å². The maximum atomic E-state index is 6.34. The molecule has 4 nitrogen and oxygen atoms in total. The first kappa shape index (κ1) is 12.2. The Hall–Kier alpha value is -1.81. The van der Waals surface area contributed by atoms with Crippen molar-refractivity contribution in [2.24, 2.45) is 12.8 Å². The Kier molecular flexibility index (Phi) is 3.03. The van der Waals surface area contributed by atoms with Crippen molar-refractivity contribution in [3.05, 3.63) is 47.3 Å². The molecule has 1 saturated carbocycles. The second kappa shape index (κ2) is 4.70. The molecule has 0 aliphatic heterocycles. The lowest BCUT2D eigenvalue weighted by Gasteiger charge is -2.13. The average Bonchev–Trinajstić information content (AvgIpc) is 3.16. The van der Waals surface area contributed by atoms with E-state index in [2.05, 4.69) is 5.10 Å². The standard InChI is InChI=1S/C15H19N3O/c1-10-14(9-17-18(10)2)15(16)11-4-3-5-13(8-11)19-12-6-7-12/h3-5,8-9,12,15H,6-7,16H2,1-2H3. The fraction of sp³-hybridized carbons (Fsp3) is 0.400. The second-order valence-corrected chi connectivity index (χ2v) is 5.18. The molecule has 100 valence electrons. The summed E-state index contributed by atoms with van der Waals surface area (Å²) in [6.07, 6.45) is 4.58. The lowest BCUT2D eigenvalue weighted by molar-refractivity contribution is 0.303. The van der Waals surface area contributed by atoms with Crippen LogP contribution in [0, 0.1) is 6.92 Å². The molecular weight excluding hydrogens is 238 g/mol. The van der Waals surface area contributed by atoms with Gasteiger partial charge in [0.15, 0.2) is 0 Å². The smallest absolute Gasteiger partial charge is 0.120 e. The molecule has 1 fully saturated rings. The van der Waals surface area contributed by atoms with E-state index in [1.807, 2.05) is 49.1 Å². The first-order valence-corrected chi connectivity index (χ1v) is 6.66. The SMILES string of the molecule is Cc1c(C(N)c2cccc(OC3CC3)c2)cnn1C. The number of nitrogens with zero attached hydrogens (tertiary/aromatic N) is 2. The van der Waals surface area contributed by atoms with Gasteiger partial charge in [-0.15, -0.1) is 0 Å². The molecule has 1 aromatic heterocycles. The molecule has 1 unspecified atom stereocenters. The summed E-state index contributed by atoms with van der Waals surface area (Å²) in [6, 6.07) is 7.91. The summed E-state index contributed by atoms with van der Waals surface area (Å²) >= 11 is 0. The third kappa shape index (κ3) is 2.49. The summed E-state index contributed by atoms with van der Waals surface area (Å²) in [7, 11) is 1.93. The van der Waals surface area contributed by atoms with Crippen molar-refractivity contribution >= 4 is 0 Å². The van der Waals surface area contributed by atoms with E-state index >= 15 is 0 Å². The summed E-state index contributed by atoms with van der Waals surface area (Å²) in [5.74, 6) is 0.914. The van der Waals surface area contributed by atoms with Crippen LogP contribution in [-0.4, -0.2) is 15.9 Å². The van der Waals surface area contributed by atoms with Gasteiger partial charge in [-0.3, -0.25) is 4.68 Å². The van der Waals surface area contributed by atoms with E-state index in [0.717, 1.165) is 35.4 Å². The minimum Gasteiger partial charge on any atom is -0.490 e. The Morgan fingerprint density at radius 2 is 2.21 bits per heavy atom. The van der Waals surface area contributed by atoms with Gasteiger partial charge in [0.2, 0.25) is 0 Å². The topological polar surface area (TPSA) is 53.1 Å². The third-order valence-corrected chi connectivity index (χ3v) is 3.65. The van der Waals surface area contributed by atoms with E-state index in [9.17, 15) is 0 Å². The maximum absolute atomic E-state index is 6.34. The van der Waals surface area contributed by atoms with Crippen molar-refractivity contribution in [3.8, 4) is 5.75 Å². The number of ether oxygens (including phenoxy) is 1. The van der Waals surface area contributed by atoms with Crippen molar-refractivity contribution < 1.29 is 4.74 Å². The van der Waals surface area contributed by atoms with Gasteiger partial charge in [0.25, 0.3) is 0 Å². The van der Waals surface area contributed by atoms with E-state index in [4.69, 9.17) is 10.5 Å². The molecule has 0 amide bonds. The van der Waals surface area contributed by atoms with Gasteiger partial charge in [-0.25, -0.2) is 0 Å². The predicted octanol–water partition coefficient (Wildman–Crippen LogP) is 2.32. The highest BCUT2D eigenvalue weighted by Gasteiger charge is 2.24. The number of rotatable bonds is 4. The Balaban J connectivity index is 1.86. The van der Waals surface area contributed by atoms with E-state index in [1.54, 1.807) is 0 Å². The summed E-state index contributed by atoms with van der Waals surface area (Å²) in [5, 5.41) is 4.25. The molecule has 0 bridgehead atoms. The maximum Gasteiger partial charge on any atom is 0.120 e. The zero-order valence-corrected chi connectivity index (χ0v) is 11.3. The Labute approximate surface area is 113 Å². The molecule has 1 aliphatic rings. The normalized spacial score (nSPS) is 16.4. The fourth-order valence-corrected chi connectivity index (χ4v) is 2.16. The molecule has 0 saturated heterocycles. The van der Waals surface area contributed by atoms with Crippen LogP contribution < -0.4 is 10.5 Å². The highest BCUT2D eigenvalue weighted by molar-refractivity contribution is 5.37. The van der Waals surface area contributed by atoms with Crippen LogP contribution in [-0.2, 0) is 7.05 Å². The lowest BCUT2D eigenvalue weighted by Crippen LogP contribution is -2.13. The van der Waals surface area contributed by atoms with E-state index in [-0.39, 0.29) is 6.04 Å². The molecule has 1 aromatic carbocycles.